The molecule has 4 aromatic rings. The minimum atomic E-state index is -0.881. The zero-order valence-corrected chi connectivity index (χ0v) is 22.5. The molecule has 2 aliphatic heterocycles. The van der Waals surface area contributed by atoms with Crippen LogP contribution in [0.3, 0.4) is 0 Å². The van der Waals surface area contributed by atoms with Crippen LogP contribution in [0.25, 0.3) is 17.4 Å². The largest absolute Gasteiger partial charge is 0.478 e. The Labute approximate surface area is 231 Å². The standard InChI is InChI=1S/C26H31N9O3.ClH/c1-17-14-19(6-7-20(17)23(36)37)33-11-9-32(10-12-33)15-18-4-2-8-34(16-18)25-29-24(27)35-26(30-25)28-22(31-35)21-5-3-13-38-21;/h3,5-7,13-14,18H,2,4,8-12,15-16H2,1H3,(H,36,37)(H2,27,28,29,30,31);1H/t18-;/m0./s1. The summed E-state index contributed by atoms with van der Waals surface area (Å²) in [5.41, 5.74) is 8.46. The molecule has 2 saturated heterocycles. The van der Waals surface area contributed by atoms with Gasteiger partial charge in [0.05, 0.1) is 11.8 Å². The molecule has 206 valence electrons. The fourth-order valence-corrected chi connectivity index (χ4v) is 5.48. The average molecular weight is 554 g/mol. The van der Waals surface area contributed by atoms with Crippen LogP contribution in [0.2, 0.25) is 0 Å². The van der Waals surface area contributed by atoms with Gasteiger partial charge in [0.25, 0.3) is 5.78 Å². The Morgan fingerprint density at radius 1 is 1.10 bits per heavy atom. The molecule has 0 unspecified atom stereocenters. The molecule has 5 heterocycles. The van der Waals surface area contributed by atoms with Crippen LogP contribution in [-0.2, 0) is 0 Å². The van der Waals surface area contributed by atoms with Crippen LogP contribution in [0.15, 0.2) is 41.0 Å². The first-order valence-corrected chi connectivity index (χ1v) is 12.9. The van der Waals surface area contributed by atoms with Gasteiger partial charge in [-0.15, -0.1) is 17.5 Å². The molecule has 3 aromatic heterocycles. The zero-order valence-electron chi connectivity index (χ0n) is 21.7. The summed E-state index contributed by atoms with van der Waals surface area (Å²) >= 11 is 0. The summed E-state index contributed by atoms with van der Waals surface area (Å²) in [5, 5.41) is 13.7. The predicted molar refractivity (Wildman–Crippen MR) is 150 cm³/mol. The number of furan rings is 1. The fourth-order valence-electron chi connectivity index (χ4n) is 5.48. The van der Waals surface area contributed by atoms with Gasteiger partial charge < -0.3 is 25.1 Å². The molecule has 13 heteroatoms. The maximum absolute atomic E-state index is 11.3. The van der Waals surface area contributed by atoms with Gasteiger partial charge in [0.2, 0.25) is 17.7 Å². The van der Waals surface area contributed by atoms with Gasteiger partial charge >= 0.3 is 5.97 Å². The summed E-state index contributed by atoms with van der Waals surface area (Å²) < 4.78 is 6.85. The molecule has 12 nitrogen and oxygen atoms in total. The number of nitrogens with two attached hydrogens (primary N) is 1. The van der Waals surface area contributed by atoms with E-state index in [0.717, 1.165) is 69.9 Å². The van der Waals surface area contributed by atoms with Crippen molar-refractivity contribution in [1.29, 1.82) is 0 Å². The highest BCUT2D eigenvalue weighted by molar-refractivity contribution is 5.90. The molecule has 1 atom stereocenters. The maximum atomic E-state index is 11.3. The Hall–Kier alpha value is -3.90. The first-order valence-electron chi connectivity index (χ1n) is 12.9. The van der Waals surface area contributed by atoms with Crippen LogP contribution in [0.4, 0.5) is 17.6 Å². The van der Waals surface area contributed by atoms with Crippen molar-refractivity contribution in [3.63, 3.8) is 0 Å². The van der Waals surface area contributed by atoms with E-state index in [1.54, 1.807) is 24.5 Å². The number of aromatic carboxylic acids is 1. The molecule has 0 bridgehead atoms. The van der Waals surface area contributed by atoms with Gasteiger partial charge in [-0.1, -0.05) is 0 Å². The maximum Gasteiger partial charge on any atom is 0.335 e. The summed E-state index contributed by atoms with van der Waals surface area (Å²) in [6, 6.07) is 9.19. The topological polar surface area (TPSA) is 142 Å². The predicted octanol–water partition coefficient (Wildman–Crippen LogP) is 2.83. The number of rotatable bonds is 6. The SMILES string of the molecule is Cc1cc(N2CCN(C[C@@H]3CCCN(c4nc(N)n5nc(-c6ccco6)nc5n4)C3)CC2)ccc1C(=O)O.Cl. The van der Waals surface area contributed by atoms with Crippen molar-refractivity contribution < 1.29 is 14.3 Å². The lowest BCUT2D eigenvalue weighted by atomic mass is 9.97. The van der Waals surface area contributed by atoms with Crippen LogP contribution in [0.1, 0.15) is 28.8 Å². The van der Waals surface area contributed by atoms with E-state index < -0.39 is 5.97 Å². The van der Waals surface area contributed by atoms with E-state index in [0.29, 0.717) is 34.8 Å². The normalized spacial score (nSPS) is 18.3. The van der Waals surface area contributed by atoms with Gasteiger partial charge in [0.1, 0.15) is 0 Å². The van der Waals surface area contributed by atoms with Gasteiger partial charge in [0, 0.05) is 51.5 Å². The molecule has 0 aliphatic carbocycles. The number of piperazine rings is 1. The Morgan fingerprint density at radius 2 is 1.92 bits per heavy atom. The molecule has 2 fully saturated rings. The number of fused-ring (bicyclic) bond motifs is 1. The first kappa shape index (κ1) is 26.7. The Kier molecular flexibility index (Phi) is 7.58. The minimum absolute atomic E-state index is 0. The van der Waals surface area contributed by atoms with Crippen LogP contribution in [0.5, 0.6) is 0 Å². The molecular formula is C26H32ClN9O3. The number of nitrogens with zero attached hydrogens (tertiary/aromatic N) is 8. The molecule has 0 spiro atoms. The summed E-state index contributed by atoms with van der Waals surface area (Å²) in [7, 11) is 0. The number of piperidine rings is 1. The van der Waals surface area contributed by atoms with E-state index >= 15 is 0 Å². The minimum Gasteiger partial charge on any atom is -0.478 e. The smallest absolute Gasteiger partial charge is 0.335 e. The molecule has 1 aromatic carbocycles. The molecule has 6 rings (SSSR count). The quantitative estimate of drug-likeness (QED) is 0.364. The van der Waals surface area contributed by atoms with Crippen molar-refractivity contribution in [3.8, 4) is 11.6 Å². The number of carbonyl (C=O) groups is 1. The monoisotopic (exact) mass is 553 g/mol. The van der Waals surface area contributed by atoms with E-state index in [4.69, 9.17) is 10.2 Å². The summed E-state index contributed by atoms with van der Waals surface area (Å²) in [5.74, 6) is 1.85. The number of anilines is 3. The fraction of sp³-hybridized carbons (Fsp3) is 0.423. The Bertz CT molecular complexity index is 1450. The van der Waals surface area contributed by atoms with Gasteiger partial charge in [-0.05, 0) is 61.6 Å². The second-order valence-electron chi connectivity index (χ2n) is 10.1. The molecule has 39 heavy (non-hydrogen) atoms. The van der Waals surface area contributed by atoms with Gasteiger partial charge in [-0.3, -0.25) is 4.90 Å². The number of benzene rings is 1. The second-order valence-corrected chi connectivity index (χ2v) is 10.1. The van der Waals surface area contributed by atoms with Crippen LogP contribution < -0.4 is 15.5 Å². The number of aromatic nitrogens is 5. The van der Waals surface area contributed by atoms with Crippen molar-refractivity contribution in [2.75, 3.05) is 61.3 Å². The van der Waals surface area contributed by atoms with Crippen molar-refractivity contribution in [2.24, 2.45) is 5.92 Å². The highest BCUT2D eigenvalue weighted by Gasteiger charge is 2.27. The lowest BCUT2D eigenvalue weighted by Crippen LogP contribution is -2.50. The average Bonchev–Trinajstić information content (AvgIpc) is 3.60. The number of hydrogen-bond donors (Lipinski definition) is 2. The molecule has 0 radical (unpaired) electrons. The number of hydrogen-bond acceptors (Lipinski definition) is 10. The van der Waals surface area contributed by atoms with E-state index in [1.807, 2.05) is 19.1 Å². The third-order valence-corrected chi connectivity index (χ3v) is 7.46. The summed E-state index contributed by atoms with van der Waals surface area (Å²) in [6.07, 6.45) is 3.81. The summed E-state index contributed by atoms with van der Waals surface area (Å²) in [6.45, 7) is 8.41. The highest BCUT2D eigenvalue weighted by atomic mass is 35.5. The van der Waals surface area contributed by atoms with Crippen LogP contribution in [0, 0.1) is 12.8 Å². The lowest BCUT2D eigenvalue weighted by Gasteiger charge is -2.40. The van der Waals surface area contributed by atoms with E-state index in [9.17, 15) is 9.90 Å². The van der Waals surface area contributed by atoms with Gasteiger partial charge in [-0.2, -0.15) is 19.5 Å². The Balaban J connectivity index is 0.00000308. The number of aryl methyl sites for hydroxylation is 1. The second kappa shape index (κ2) is 11.1. The number of carboxylic acid groups (broad SMARTS) is 1. The Morgan fingerprint density at radius 3 is 2.64 bits per heavy atom. The molecule has 0 amide bonds. The lowest BCUT2D eigenvalue weighted by molar-refractivity contribution is 0.0696. The van der Waals surface area contributed by atoms with E-state index in [-0.39, 0.29) is 18.4 Å². The molecule has 0 saturated carbocycles. The zero-order chi connectivity index (χ0) is 26.2. The highest BCUT2D eigenvalue weighted by Crippen LogP contribution is 2.25. The van der Waals surface area contributed by atoms with Crippen molar-refractivity contribution in [1.82, 2.24) is 29.5 Å². The third kappa shape index (κ3) is 5.48. The molecule has 3 N–H and O–H groups in total. The van der Waals surface area contributed by atoms with Crippen LogP contribution in [-0.4, -0.2) is 86.4 Å². The van der Waals surface area contributed by atoms with E-state index in [1.165, 1.54) is 4.52 Å². The number of nitrogen functional groups attached to an aromatic ring is 1. The summed E-state index contributed by atoms with van der Waals surface area (Å²) in [4.78, 5) is 32.1. The van der Waals surface area contributed by atoms with E-state index in [2.05, 4.69) is 34.8 Å². The van der Waals surface area contributed by atoms with Gasteiger partial charge in [0.15, 0.2) is 5.76 Å². The molecular weight excluding hydrogens is 522 g/mol. The van der Waals surface area contributed by atoms with Crippen molar-refractivity contribution in [2.45, 2.75) is 19.8 Å². The third-order valence-electron chi connectivity index (χ3n) is 7.46. The first-order chi connectivity index (χ1) is 18.4. The van der Waals surface area contributed by atoms with Crippen molar-refractivity contribution >= 4 is 41.7 Å². The number of halogens is 1. The van der Waals surface area contributed by atoms with Crippen LogP contribution >= 0.6 is 12.4 Å². The van der Waals surface area contributed by atoms with Gasteiger partial charge in [-0.25, -0.2) is 4.79 Å². The molecule has 2 aliphatic rings. The van der Waals surface area contributed by atoms with Crippen molar-refractivity contribution in [3.05, 3.63) is 47.7 Å². The number of carboxylic acids is 1.